The Balaban J connectivity index is 2.05. The number of aryl methyl sites for hydroxylation is 1. The Hall–Kier alpha value is -2.87. The van der Waals surface area contributed by atoms with Crippen molar-refractivity contribution >= 4 is 33.3 Å². The van der Waals surface area contributed by atoms with Crippen LogP contribution in [0.3, 0.4) is 0 Å². The summed E-state index contributed by atoms with van der Waals surface area (Å²) in [5.74, 6) is -1.32. The maximum atomic E-state index is 12.2. The number of benzene rings is 2. The minimum Gasteiger partial charge on any atom is -0.451 e. The SMILES string of the molecule is Cc1ccccc1N(CC(=O)O[C@@H](C)C(=O)Nc1ccccc1)S(C)(=O)=O. The molecule has 1 N–H and O–H groups in total. The van der Waals surface area contributed by atoms with Crippen LogP contribution in [0.2, 0.25) is 0 Å². The van der Waals surface area contributed by atoms with Crippen LogP contribution >= 0.6 is 0 Å². The second kappa shape index (κ2) is 8.68. The molecular weight excluding hydrogens is 368 g/mol. The quantitative estimate of drug-likeness (QED) is 0.733. The molecule has 0 spiro atoms. The first-order chi connectivity index (χ1) is 12.7. The van der Waals surface area contributed by atoms with Gasteiger partial charge in [0.2, 0.25) is 10.0 Å². The van der Waals surface area contributed by atoms with Gasteiger partial charge >= 0.3 is 5.97 Å². The molecule has 8 heteroatoms. The van der Waals surface area contributed by atoms with E-state index in [1.54, 1.807) is 55.5 Å². The number of para-hydroxylation sites is 2. The molecular formula is C19H22N2O5S. The van der Waals surface area contributed by atoms with E-state index in [0.29, 0.717) is 16.9 Å². The molecule has 2 rings (SSSR count). The van der Waals surface area contributed by atoms with E-state index in [-0.39, 0.29) is 0 Å². The molecule has 2 aromatic rings. The summed E-state index contributed by atoms with van der Waals surface area (Å²) in [5.41, 5.74) is 1.66. The molecule has 0 aliphatic heterocycles. The zero-order valence-electron chi connectivity index (χ0n) is 15.4. The first-order valence-electron chi connectivity index (χ1n) is 8.27. The van der Waals surface area contributed by atoms with Gasteiger partial charge < -0.3 is 10.1 Å². The van der Waals surface area contributed by atoms with E-state index in [4.69, 9.17) is 4.74 Å². The zero-order chi connectivity index (χ0) is 20.0. The molecule has 0 aliphatic carbocycles. The van der Waals surface area contributed by atoms with E-state index in [1.807, 2.05) is 6.07 Å². The highest BCUT2D eigenvalue weighted by molar-refractivity contribution is 7.92. The molecule has 0 saturated heterocycles. The number of carbonyl (C=O) groups excluding carboxylic acids is 2. The van der Waals surface area contributed by atoms with Crippen molar-refractivity contribution in [2.75, 3.05) is 22.4 Å². The fourth-order valence-electron chi connectivity index (χ4n) is 2.39. The van der Waals surface area contributed by atoms with E-state index in [1.165, 1.54) is 6.92 Å². The summed E-state index contributed by atoms with van der Waals surface area (Å²) in [6, 6.07) is 15.5. The summed E-state index contributed by atoms with van der Waals surface area (Å²) >= 11 is 0. The largest absolute Gasteiger partial charge is 0.451 e. The molecule has 27 heavy (non-hydrogen) atoms. The molecule has 0 radical (unpaired) electrons. The average Bonchev–Trinajstić information content (AvgIpc) is 2.60. The predicted octanol–water partition coefficient (Wildman–Crippen LogP) is 2.33. The summed E-state index contributed by atoms with van der Waals surface area (Å²) in [5, 5.41) is 2.62. The number of amides is 1. The van der Waals surface area contributed by atoms with Crippen LogP contribution in [-0.4, -0.2) is 39.2 Å². The topological polar surface area (TPSA) is 92.8 Å². The highest BCUT2D eigenvalue weighted by Gasteiger charge is 2.25. The molecule has 0 fully saturated rings. The van der Waals surface area contributed by atoms with Crippen molar-refractivity contribution < 1.29 is 22.7 Å². The van der Waals surface area contributed by atoms with Crippen molar-refractivity contribution in [1.29, 1.82) is 0 Å². The lowest BCUT2D eigenvalue weighted by Gasteiger charge is -2.24. The number of hydrogen-bond donors (Lipinski definition) is 1. The van der Waals surface area contributed by atoms with E-state index in [9.17, 15) is 18.0 Å². The highest BCUT2D eigenvalue weighted by atomic mass is 32.2. The lowest BCUT2D eigenvalue weighted by molar-refractivity contribution is -0.151. The lowest BCUT2D eigenvalue weighted by atomic mass is 10.2. The Kier molecular flexibility index (Phi) is 6.57. The van der Waals surface area contributed by atoms with Gasteiger partial charge in [-0.3, -0.25) is 13.9 Å². The van der Waals surface area contributed by atoms with Gasteiger partial charge in [0.15, 0.2) is 6.10 Å². The van der Waals surface area contributed by atoms with Gasteiger partial charge in [-0.15, -0.1) is 0 Å². The first kappa shape index (κ1) is 20.4. The molecule has 0 bridgehead atoms. The summed E-state index contributed by atoms with van der Waals surface area (Å²) in [4.78, 5) is 24.4. The van der Waals surface area contributed by atoms with Gasteiger partial charge in [0.1, 0.15) is 6.54 Å². The second-order valence-electron chi connectivity index (χ2n) is 6.04. The van der Waals surface area contributed by atoms with Crippen LogP contribution in [0.5, 0.6) is 0 Å². The fourth-order valence-corrected chi connectivity index (χ4v) is 3.30. The number of esters is 1. The molecule has 0 saturated carbocycles. The monoisotopic (exact) mass is 390 g/mol. The maximum Gasteiger partial charge on any atom is 0.327 e. The Labute approximate surface area is 159 Å². The van der Waals surface area contributed by atoms with E-state index in [0.717, 1.165) is 10.6 Å². The summed E-state index contributed by atoms with van der Waals surface area (Å²) in [7, 11) is -3.71. The van der Waals surface area contributed by atoms with Crippen molar-refractivity contribution in [3.63, 3.8) is 0 Å². The third kappa shape index (κ3) is 5.82. The van der Waals surface area contributed by atoms with Crippen LogP contribution in [-0.2, 0) is 24.3 Å². The van der Waals surface area contributed by atoms with Crippen molar-refractivity contribution in [1.82, 2.24) is 0 Å². The molecule has 7 nitrogen and oxygen atoms in total. The average molecular weight is 390 g/mol. The van der Waals surface area contributed by atoms with Gasteiger partial charge in [0, 0.05) is 5.69 Å². The van der Waals surface area contributed by atoms with E-state index in [2.05, 4.69) is 5.32 Å². The Morgan fingerprint density at radius 1 is 1.07 bits per heavy atom. The molecule has 0 unspecified atom stereocenters. The Morgan fingerprint density at radius 3 is 2.26 bits per heavy atom. The number of nitrogens with zero attached hydrogens (tertiary/aromatic N) is 1. The minimum absolute atomic E-state index is 0.387. The Bertz CT molecular complexity index is 913. The fraction of sp³-hybridized carbons (Fsp3) is 0.263. The molecule has 1 amide bonds. The highest BCUT2D eigenvalue weighted by Crippen LogP contribution is 2.22. The molecule has 0 aromatic heterocycles. The molecule has 0 aliphatic rings. The van der Waals surface area contributed by atoms with Crippen LogP contribution in [0, 0.1) is 6.92 Å². The van der Waals surface area contributed by atoms with Crippen molar-refractivity contribution in [3.05, 3.63) is 60.2 Å². The minimum atomic E-state index is -3.71. The van der Waals surface area contributed by atoms with Gasteiger partial charge in [-0.05, 0) is 37.6 Å². The normalized spacial score (nSPS) is 12.1. The van der Waals surface area contributed by atoms with E-state index < -0.39 is 34.5 Å². The standard InChI is InChI=1S/C19H22N2O5S/c1-14-9-7-8-12-17(14)21(27(3,24)25)13-18(22)26-15(2)19(23)20-16-10-5-4-6-11-16/h4-12,15H,13H2,1-3H3,(H,20,23)/t15-/m0/s1. The number of nitrogens with one attached hydrogen (secondary N) is 1. The van der Waals surface area contributed by atoms with Crippen molar-refractivity contribution in [3.8, 4) is 0 Å². The molecule has 144 valence electrons. The van der Waals surface area contributed by atoms with Gasteiger partial charge in [0.05, 0.1) is 11.9 Å². The van der Waals surface area contributed by atoms with E-state index >= 15 is 0 Å². The van der Waals surface area contributed by atoms with Gasteiger partial charge in [-0.25, -0.2) is 8.42 Å². The smallest absolute Gasteiger partial charge is 0.327 e. The third-order valence-electron chi connectivity index (χ3n) is 3.78. The zero-order valence-corrected chi connectivity index (χ0v) is 16.2. The molecule has 1 atom stereocenters. The van der Waals surface area contributed by atoms with Crippen LogP contribution in [0.15, 0.2) is 54.6 Å². The third-order valence-corrected chi connectivity index (χ3v) is 4.90. The Morgan fingerprint density at radius 2 is 1.67 bits per heavy atom. The number of ether oxygens (including phenoxy) is 1. The molecule has 2 aromatic carbocycles. The van der Waals surface area contributed by atoms with Gasteiger partial charge in [-0.2, -0.15) is 0 Å². The summed E-state index contributed by atoms with van der Waals surface area (Å²) in [6.07, 6.45) is -0.0610. The number of anilines is 2. The van der Waals surface area contributed by atoms with Crippen molar-refractivity contribution in [2.24, 2.45) is 0 Å². The van der Waals surface area contributed by atoms with Crippen LogP contribution in [0.25, 0.3) is 0 Å². The number of carbonyl (C=O) groups is 2. The lowest BCUT2D eigenvalue weighted by Crippen LogP contribution is -2.39. The number of hydrogen-bond acceptors (Lipinski definition) is 5. The van der Waals surface area contributed by atoms with Gasteiger partial charge in [-0.1, -0.05) is 36.4 Å². The second-order valence-corrected chi connectivity index (χ2v) is 7.95. The summed E-state index contributed by atoms with van der Waals surface area (Å²) in [6.45, 7) is 2.65. The van der Waals surface area contributed by atoms with Crippen molar-refractivity contribution in [2.45, 2.75) is 20.0 Å². The summed E-state index contributed by atoms with van der Waals surface area (Å²) < 4.78 is 30.3. The molecule has 0 heterocycles. The number of rotatable bonds is 7. The first-order valence-corrected chi connectivity index (χ1v) is 10.1. The number of sulfonamides is 1. The maximum absolute atomic E-state index is 12.2. The predicted molar refractivity (Wildman–Crippen MR) is 104 cm³/mol. The van der Waals surface area contributed by atoms with Crippen LogP contribution < -0.4 is 9.62 Å². The van der Waals surface area contributed by atoms with Gasteiger partial charge in [0.25, 0.3) is 5.91 Å². The van der Waals surface area contributed by atoms with Crippen LogP contribution in [0.1, 0.15) is 12.5 Å². The van der Waals surface area contributed by atoms with Crippen LogP contribution in [0.4, 0.5) is 11.4 Å².